The van der Waals surface area contributed by atoms with Gasteiger partial charge in [0.1, 0.15) is 6.61 Å². The molecule has 0 fully saturated rings. The predicted molar refractivity (Wildman–Crippen MR) is 115 cm³/mol. The van der Waals surface area contributed by atoms with Gasteiger partial charge in [-0.3, -0.25) is 0 Å². The number of ether oxygens (including phenoxy) is 1. The van der Waals surface area contributed by atoms with Crippen LogP contribution in [0.1, 0.15) is 27.0 Å². The first-order valence-corrected chi connectivity index (χ1v) is 11.3. The van der Waals surface area contributed by atoms with E-state index in [4.69, 9.17) is 27.9 Å². The Morgan fingerprint density at radius 3 is 2.07 bits per heavy atom. The van der Waals surface area contributed by atoms with E-state index in [1.165, 1.54) is 0 Å². The largest absolute Gasteiger partial charge is 0.457 e. The third-order valence-corrected chi connectivity index (χ3v) is 6.31. The lowest BCUT2D eigenvalue weighted by molar-refractivity contribution is 0.0473. The van der Waals surface area contributed by atoms with Crippen LogP contribution in [0.15, 0.2) is 72.8 Å². The summed E-state index contributed by atoms with van der Waals surface area (Å²) < 4.78 is 30.0. The number of rotatable bonds is 7. The molecule has 0 amide bonds. The molecule has 3 aromatic rings. The summed E-state index contributed by atoms with van der Waals surface area (Å²) in [4.78, 5) is 12.2. The summed E-state index contributed by atoms with van der Waals surface area (Å²) in [5, 5.41) is 0.923. The molecule has 0 bridgehead atoms. The van der Waals surface area contributed by atoms with Crippen molar-refractivity contribution in [2.75, 3.05) is 0 Å². The number of carbonyl (C=O) groups is 1. The van der Waals surface area contributed by atoms with Crippen LogP contribution in [0, 0.1) is 0 Å². The Morgan fingerprint density at radius 1 is 0.828 bits per heavy atom. The molecule has 29 heavy (non-hydrogen) atoms. The summed E-state index contributed by atoms with van der Waals surface area (Å²) in [6.45, 7) is 0.0159. The lowest BCUT2D eigenvalue weighted by atomic mass is 10.1. The number of halogens is 2. The molecule has 0 N–H and O–H groups in total. The van der Waals surface area contributed by atoms with Crippen LogP contribution in [0.5, 0.6) is 0 Å². The van der Waals surface area contributed by atoms with E-state index in [1.54, 1.807) is 54.6 Å². The molecule has 3 rings (SSSR count). The molecule has 0 spiro atoms. The van der Waals surface area contributed by atoms with Gasteiger partial charge in [-0.05, 0) is 35.4 Å². The van der Waals surface area contributed by atoms with E-state index in [1.807, 2.05) is 18.2 Å². The van der Waals surface area contributed by atoms with Crippen LogP contribution in [-0.2, 0) is 32.7 Å². The minimum absolute atomic E-state index is 0.0159. The fraction of sp³-hybridized carbons (Fsp3) is 0.136. The molecular formula is C22H18Cl2O4S. The van der Waals surface area contributed by atoms with Crippen molar-refractivity contribution < 1.29 is 17.9 Å². The monoisotopic (exact) mass is 448 g/mol. The molecule has 0 saturated carbocycles. The molecule has 0 atom stereocenters. The first-order chi connectivity index (χ1) is 13.8. The Labute approximate surface area is 180 Å². The van der Waals surface area contributed by atoms with E-state index < -0.39 is 15.8 Å². The topological polar surface area (TPSA) is 60.4 Å². The summed E-state index contributed by atoms with van der Waals surface area (Å²) in [7, 11) is -3.32. The maximum Gasteiger partial charge on any atom is 0.338 e. The standard InChI is InChI=1S/C22H18Cl2O4S/c23-20-11-10-19(21(24)12-20)13-28-22(25)18-8-6-17(7-9-18)15-29(26,27)14-16-4-2-1-3-5-16/h1-12H,13-15H2. The average Bonchev–Trinajstić information content (AvgIpc) is 2.68. The molecule has 0 heterocycles. The molecule has 0 radical (unpaired) electrons. The Kier molecular flexibility index (Phi) is 6.96. The summed E-state index contributed by atoms with van der Waals surface area (Å²) in [6, 6.07) is 20.3. The third kappa shape index (κ3) is 6.32. The predicted octanol–water partition coefficient (Wildman–Crippen LogP) is 5.47. The molecule has 0 aliphatic rings. The van der Waals surface area contributed by atoms with Crippen LogP contribution >= 0.6 is 23.2 Å². The van der Waals surface area contributed by atoms with Crippen molar-refractivity contribution >= 4 is 39.0 Å². The number of sulfone groups is 1. The van der Waals surface area contributed by atoms with E-state index in [0.29, 0.717) is 26.7 Å². The lowest BCUT2D eigenvalue weighted by Crippen LogP contribution is -2.09. The highest BCUT2D eigenvalue weighted by atomic mass is 35.5. The van der Waals surface area contributed by atoms with Crippen molar-refractivity contribution in [1.82, 2.24) is 0 Å². The van der Waals surface area contributed by atoms with Crippen LogP contribution in [0.3, 0.4) is 0 Å². The first kappa shape index (κ1) is 21.4. The van der Waals surface area contributed by atoms with Crippen LogP contribution in [0.4, 0.5) is 0 Å². The molecular weight excluding hydrogens is 431 g/mol. The van der Waals surface area contributed by atoms with Gasteiger partial charge in [0.25, 0.3) is 0 Å². The van der Waals surface area contributed by atoms with Gasteiger partial charge in [0.15, 0.2) is 9.84 Å². The number of hydrogen-bond acceptors (Lipinski definition) is 4. The molecule has 0 aliphatic heterocycles. The molecule has 0 aromatic heterocycles. The smallest absolute Gasteiger partial charge is 0.338 e. The highest BCUT2D eigenvalue weighted by molar-refractivity contribution is 7.89. The van der Waals surface area contributed by atoms with E-state index in [2.05, 4.69) is 0 Å². The van der Waals surface area contributed by atoms with Gasteiger partial charge in [0.2, 0.25) is 0 Å². The maximum atomic E-state index is 12.4. The second-order valence-corrected chi connectivity index (χ2v) is 9.43. The summed E-state index contributed by atoms with van der Waals surface area (Å²) in [5.41, 5.74) is 2.33. The number of hydrogen-bond donors (Lipinski definition) is 0. The second-order valence-electron chi connectivity index (χ2n) is 6.53. The van der Waals surface area contributed by atoms with Crippen LogP contribution in [0.25, 0.3) is 0 Å². The minimum atomic E-state index is -3.32. The van der Waals surface area contributed by atoms with E-state index in [0.717, 1.165) is 5.56 Å². The quantitative estimate of drug-likeness (QED) is 0.449. The zero-order valence-corrected chi connectivity index (χ0v) is 17.7. The number of carbonyl (C=O) groups excluding carboxylic acids is 1. The van der Waals surface area contributed by atoms with Gasteiger partial charge in [-0.25, -0.2) is 13.2 Å². The van der Waals surface area contributed by atoms with Crippen LogP contribution in [0.2, 0.25) is 10.0 Å². The van der Waals surface area contributed by atoms with E-state index in [9.17, 15) is 13.2 Å². The highest BCUT2D eigenvalue weighted by Crippen LogP contribution is 2.22. The van der Waals surface area contributed by atoms with Crippen molar-refractivity contribution in [1.29, 1.82) is 0 Å². The van der Waals surface area contributed by atoms with Gasteiger partial charge in [0.05, 0.1) is 17.1 Å². The Morgan fingerprint density at radius 2 is 1.45 bits per heavy atom. The summed E-state index contributed by atoms with van der Waals surface area (Å²) in [6.07, 6.45) is 0. The lowest BCUT2D eigenvalue weighted by Gasteiger charge is -2.08. The molecule has 0 aliphatic carbocycles. The van der Waals surface area contributed by atoms with Gasteiger partial charge < -0.3 is 4.74 Å². The van der Waals surface area contributed by atoms with Crippen molar-refractivity contribution in [3.05, 3.63) is 105 Å². The summed E-state index contributed by atoms with van der Waals surface area (Å²) >= 11 is 11.9. The van der Waals surface area contributed by atoms with E-state index >= 15 is 0 Å². The third-order valence-electron chi connectivity index (χ3n) is 4.18. The maximum absolute atomic E-state index is 12.4. The fourth-order valence-electron chi connectivity index (χ4n) is 2.74. The van der Waals surface area contributed by atoms with Crippen molar-refractivity contribution in [3.8, 4) is 0 Å². The van der Waals surface area contributed by atoms with E-state index in [-0.39, 0.29) is 18.1 Å². The SMILES string of the molecule is O=C(OCc1ccc(Cl)cc1Cl)c1ccc(CS(=O)(=O)Cc2ccccc2)cc1. The van der Waals surface area contributed by atoms with Crippen molar-refractivity contribution in [2.45, 2.75) is 18.1 Å². The molecule has 3 aromatic carbocycles. The molecule has 7 heteroatoms. The van der Waals surface area contributed by atoms with Crippen molar-refractivity contribution in [3.63, 3.8) is 0 Å². The molecule has 4 nitrogen and oxygen atoms in total. The Balaban J connectivity index is 1.59. The first-order valence-electron chi connectivity index (χ1n) is 8.77. The number of esters is 1. The van der Waals surface area contributed by atoms with Gasteiger partial charge in [0, 0.05) is 15.6 Å². The van der Waals surface area contributed by atoms with Gasteiger partial charge in [-0.2, -0.15) is 0 Å². The minimum Gasteiger partial charge on any atom is -0.457 e. The zero-order valence-electron chi connectivity index (χ0n) is 15.3. The second kappa shape index (κ2) is 9.44. The molecule has 150 valence electrons. The van der Waals surface area contributed by atoms with Gasteiger partial charge in [-0.1, -0.05) is 71.7 Å². The fourth-order valence-corrected chi connectivity index (χ4v) is 4.70. The van der Waals surface area contributed by atoms with Crippen LogP contribution < -0.4 is 0 Å². The Hall–Kier alpha value is -2.34. The number of benzene rings is 3. The molecule has 0 unspecified atom stereocenters. The van der Waals surface area contributed by atoms with Crippen molar-refractivity contribution in [2.24, 2.45) is 0 Å². The van der Waals surface area contributed by atoms with Gasteiger partial charge >= 0.3 is 5.97 Å². The zero-order chi connectivity index (χ0) is 20.9. The van der Waals surface area contributed by atoms with Crippen LogP contribution in [-0.4, -0.2) is 14.4 Å². The van der Waals surface area contributed by atoms with Gasteiger partial charge in [-0.15, -0.1) is 0 Å². The Bertz CT molecular complexity index is 1100. The molecule has 0 saturated heterocycles. The normalized spacial score (nSPS) is 11.2. The summed E-state index contributed by atoms with van der Waals surface area (Å²) in [5.74, 6) is -0.647. The highest BCUT2D eigenvalue weighted by Gasteiger charge is 2.14. The average molecular weight is 449 g/mol.